The number of aryl methyl sites for hydroxylation is 1. The SMILES string of the molecule is O=C(NCCCc1ccncc1)[C@@H]1CC12CCNCC2. The molecule has 0 unspecified atom stereocenters. The van der Waals surface area contributed by atoms with Crippen molar-refractivity contribution in [3.63, 3.8) is 0 Å². The first kappa shape index (κ1) is 13.6. The molecule has 1 aromatic heterocycles. The van der Waals surface area contributed by atoms with Crippen LogP contribution in [0.5, 0.6) is 0 Å². The lowest BCUT2D eigenvalue weighted by atomic mass is 9.92. The van der Waals surface area contributed by atoms with Crippen LogP contribution in [-0.4, -0.2) is 30.5 Å². The summed E-state index contributed by atoms with van der Waals surface area (Å²) in [6.07, 6.45) is 9.08. The van der Waals surface area contributed by atoms with Crippen LogP contribution >= 0.6 is 0 Å². The highest BCUT2D eigenvalue weighted by Gasteiger charge is 2.57. The van der Waals surface area contributed by atoms with Crippen molar-refractivity contribution >= 4 is 5.91 Å². The van der Waals surface area contributed by atoms with Crippen molar-refractivity contribution in [3.8, 4) is 0 Å². The Morgan fingerprint density at radius 1 is 1.35 bits per heavy atom. The molecule has 2 fully saturated rings. The lowest BCUT2D eigenvalue weighted by Gasteiger charge is -2.23. The van der Waals surface area contributed by atoms with Gasteiger partial charge in [0.1, 0.15) is 0 Å². The van der Waals surface area contributed by atoms with Gasteiger partial charge < -0.3 is 10.6 Å². The van der Waals surface area contributed by atoms with Crippen molar-refractivity contribution in [2.75, 3.05) is 19.6 Å². The summed E-state index contributed by atoms with van der Waals surface area (Å²) in [4.78, 5) is 16.2. The number of amides is 1. The van der Waals surface area contributed by atoms with Crippen LogP contribution in [0.3, 0.4) is 0 Å². The Hall–Kier alpha value is -1.42. The molecule has 0 bridgehead atoms. The molecule has 1 aromatic rings. The van der Waals surface area contributed by atoms with Gasteiger partial charge >= 0.3 is 0 Å². The van der Waals surface area contributed by atoms with Gasteiger partial charge in [0.05, 0.1) is 0 Å². The van der Waals surface area contributed by atoms with E-state index in [-0.39, 0.29) is 11.8 Å². The van der Waals surface area contributed by atoms with Gasteiger partial charge in [-0.1, -0.05) is 0 Å². The number of hydrogen-bond acceptors (Lipinski definition) is 3. The van der Waals surface area contributed by atoms with Crippen LogP contribution in [0.25, 0.3) is 0 Å². The zero-order valence-electron chi connectivity index (χ0n) is 11.9. The molecule has 1 saturated carbocycles. The highest BCUT2D eigenvalue weighted by molar-refractivity contribution is 5.82. The number of hydrogen-bond donors (Lipinski definition) is 2. The second-order valence-corrected chi connectivity index (χ2v) is 6.12. The topological polar surface area (TPSA) is 54.0 Å². The van der Waals surface area contributed by atoms with E-state index in [2.05, 4.69) is 15.6 Å². The fraction of sp³-hybridized carbons (Fsp3) is 0.625. The largest absolute Gasteiger partial charge is 0.356 e. The first-order valence-corrected chi connectivity index (χ1v) is 7.68. The average molecular weight is 273 g/mol. The fourth-order valence-corrected chi connectivity index (χ4v) is 3.37. The maximum atomic E-state index is 12.1. The monoisotopic (exact) mass is 273 g/mol. The number of carbonyl (C=O) groups excluding carboxylic acids is 1. The van der Waals surface area contributed by atoms with E-state index >= 15 is 0 Å². The second kappa shape index (κ2) is 5.92. The van der Waals surface area contributed by atoms with Crippen LogP contribution in [0.15, 0.2) is 24.5 Å². The minimum atomic E-state index is 0.279. The highest BCUT2D eigenvalue weighted by atomic mass is 16.2. The van der Waals surface area contributed by atoms with Gasteiger partial charge in [-0.25, -0.2) is 0 Å². The van der Waals surface area contributed by atoms with Crippen LogP contribution in [0, 0.1) is 11.3 Å². The zero-order chi connectivity index (χ0) is 13.8. The van der Waals surface area contributed by atoms with E-state index in [9.17, 15) is 4.79 Å². The number of nitrogens with zero attached hydrogens (tertiary/aromatic N) is 1. The summed E-state index contributed by atoms with van der Waals surface area (Å²) >= 11 is 0. The Balaban J connectivity index is 1.36. The quantitative estimate of drug-likeness (QED) is 0.800. The standard InChI is InChI=1S/C16H23N3O/c20-15(14-12-16(14)5-10-18-11-6-16)19-7-1-2-13-3-8-17-9-4-13/h3-4,8-9,14,18H,1-2,5-7,10-12H2,(H,19,20)/t14-/m0/s1. The number of piperidine rings is 1. The lowest BCUT2D eigenvalue weighted by molar-refractivity contribution is -0.123. The fourth-order valence-electron chi connectivity index (χ4n) is 3.37. The maximum Gasteiger partial charge on any atom is 0.223 e. The molecule has 1 saturated heterocycles. The van der Waals surface area contributed by atoms with E-state index in [0.717, 1.165) is 38.9 Å². The molecule has 4 heteroatoms. The molecule has 2 aliphatic rings. The second-order valence-electron chi connectivity index (χ2n) is 6.12. The van der Waals surface area contributed by atoms with Crippen LogP contribution < -0.4 is 10.6 Å². The van der Waals surface area contributed by atoms with Gasteiger partial charge in [-0.2, -0.15) is 0 Å². The van der Waals surface area contributed by atoms with Gasteiger partial charge in [-0.3, -0.25) is 9.78 Å². The van der Waals surface area contributed by atoms with Crippen LogP contribution in [0.1, 0.15) is 31.2 Å². The lowest BCUT2D eigenvalue weighted by Crippen LogP contribution is -2.34. The van der Waals surface area contributed by atoms with Crippen molar-refractivity contribution in [2.45, 2.75) is 32.1 Å². The number of rotatable bonds is 5. The number of nitrogens with one attached hydrogen (secondary N) is 2. The third-order valence-corrected chi connectivity index (χ3v) is 4.80. The van der Waals surface area contributed by atoms with Gasteiger partial charge in [0.25, 0.3) is 0 Å². The Labute approximate surface area is 120 Å². The predicted octanol–water partition coefficient (Wildman–Crippen LogP) is 1.52. The summed E-state index contributed by atoms with van der Waals surface area (Å²) in [5, 5.41) is 6.48. The first-order chi connectivity index (χ1) is 9.80. The van der Waals surface area contributed by atoms with Crippen molar-refractivity contribution in [3.05, 3.63) is 30.1 Å². The summed E-state index contributed by atoms with van der Waals surface area (Å²) in [6.45, 7) is 2.93. The van der Waals surface area contributed by atoms with Crippen molar-refractivity contribution in [1.29, 1.82) is 0 Å². The van der Waals surface area contributed by atoms with Gasteiger partial charge in [-0.15, -0.1) is 0 Å². The highest BCUT2D eigenvalue weighted by Crippen LogP contribution is 2.58. The third-order valence-electron chi connectivity index (χ3n) is 4.80. The van der Waals surface area contributed by atoms with E-state index in [1.54, 1.807) is 0 Å². The summed E-state index contributed by atoms with van der Waals surface area (Å²) in [7, 11) is 0. The van der Waals surface area contributed by atoms with E-state index < -0.39 is 0 Å². The van der Waals surface area contributed by atoms with Crippen molar-refractivity contribution in [1.82, 2.24) is 15.6 Å². The van der Waals surface area contributed by atoms with E-state index in [4.69, 9.17) is 0 Å². The first-order valence-electron chi connectivity index (χ1n) is 7.68. The molecule has 1 amide bonds. The third kappa shape index (κ3) is 3.01. The van der Waals surface area contributed by atoms with E-state index in [1.165, 1.54) is 18.4 Å². The summed E-state index contributed by atoms with van der Waals surface area (Å²) in [5.74, 6) is 0.562. The molecule has 20 heavy (non-hydrogen) atoms. The van der Waals surface area contributed by atoms with Crippen molar-refractivity contribution < 1.29 is 4.79 Å². The molecule has 2 N–H and O–H groups in total. The smallest absolute Gasteiger partial charge is 0.223 e. The molecule has 2 heterocycles. The summed E-state index contributed by atoms with van der Waals surface area (Å²) in [5.41, 5.74) is 1.64. The van der Waals surface area contributed by atoms with Crippen LogP contribution in [-0.2, 0) is 11.2 Å². The minimum absolute atomic E-state index is 0.279. The number of carbonyl (C=O) groups is 1. The summed E-state index contributed by atoms with van der Waals surface area (Å²) < 4.78 is 0. The van der Waals surface area contributed by atoms with Gasteiger partial charge in [0, 0.05) is 24.9 Å². The van der Waals surface area contributed by atoms with Crippen LogP contribution in [0.4, 0.5) is 0 Å². The number of aromatic nitrogens is 1. The molecule has 0 aromatic carbocycles. The molecule has 4 nitrogen and oxygen atoms in total. The maximum absolute atomic E-state index is 12.1. The van der Waals surface area contributed by atoms with Crippen molar-refractivity contribution in [2.24, 2.45) is 11.3 Å². The normalized spacial score (nSPS) is 23.5. The Bertz CT molecular complexity index is 454. The molecular weight excluding hydrogens is 250 g/mol. The molecular formula is C16H23N3O. The average Bonchev–Trinajstić information content (AvgIpc) is 3.19. The minimum Gasteiger partial charge on any atom is -0.356 e. The number of pyridine rings is 1. The molecule has 1 spiro atoms. The molecule has 108 valence electrons. The van der Waals surface area contributed by atoms with Gasteiger partial charge in [0.2, 0.25) is 5.91 Å². The molecule has 1 aliphatic carbocycles. The Morgan fingerprint density at radius 2 is 2.10 bits per heavy atom. The molecule has 1 aliphatic heterocycles. The molecule has 3 rings (SSSR count). The zero-order valence-corrected chi connectivity index (χ0v) is 11.9. The van der Waals surface area contributed by atoms with Gasteiger partial charge in [0.15, 0.2) is 0 Å². The summed E-state index contributed by atoms with van der Waals surface area (Å²) in [6, 6.07) is 4.07. The van der Waals surface area contributed by atoms with Crippen LogP contribution in [0.2, 0.25) is 0 Å². The molecule has 1 atom stereocenters. The Morgan fingerprint density at radius 3 is 2.85 bits per heavy atom. The molecule has 0 radical (unpaired) electrons. The van der Waals surface area contributed by atoms with E-state index in [0.29, 0.717) is 5.41 Å². The van der Waals surface area contributed by atoms with Gasteiger partial charge in [-0.05, 0) is 68.3 Å². The van der Waals surface area contributed by atoms with E-state index in [1.807, 2.05) is 24.5 Å². The predicted molar refractivity (Wildman–Crippen MR) is 78.2 cm³/mol. The Kier molecular flexibility index (Phi) is 4.01.